The molecule has 4 aromatic rings. The highest BCUT2D eigenvalue weighted by atomic mass is 16.1. The number of nitrogens with zero attached hydrogens (tertiary/aromatic N) is 2. The summed E-state index contributed by atoms with van der Waals surface area (Å²) in [7, 11) is 0. The Bertz CT molecular complexity index is 1300. The number of hydrogen-bond acceptors (Lipinski definition) is 5. The molecule has 2 aromatic carbocycles. The molecule has 0 saturated carbocycles. The molecule has 2 aromatic heterocycles. The molecule has 2 amide bonds. The molecule has 1 unspecified atom stereocenters. The number of rotatable bonds is 12. The number of primary amides is 1. The van der Waals surface area contributed by atoms with Crippen molar-refractivity contribution < 1.29 is 9.59 Å². The van der Waals surface area contributed by atoms with E-state index in [-0.39, 0.29) is 17.9 Å². The van der Waals surface area contributed by atoms with Gasteiger partial charge in [0.15, 0.2) is 0 Å². The third-order valence-corrected chi connectivity index (χ3v) is 6.14. The van der Waals surface area contributed by atoms with E-state index in [2.05, 4.69) is 44.6 Å². The number of nitrogens with one attached hydrogen (secondary N) is 3. The SMILES string of the molecule is CC(Nc1ncnc2[nH]c(-c3ccc(NC(=O)CCCCCCC(N)=O)cc3)cc12)c1ccccc1. The van der Waals surface area contributed by atoms with Crippen LogP contribution in [-0.2, 0) is 9.59 Å². The second-order valence-corrected chi connectivity index (χ2v) is 8.95. The standard InChI is InChI=1S/C28H32N6O2/c1-19(20-9-5-4-6-10-20)32-27-23-17-24(34-28(23)31-18-30-27)21-13-15-22(16-14-21)33-26(36)12-8-3-2-7-11-25(29)35/h4-6,9-10,13-19H,2-3,7-8,11-12H2,1H3,(H2,29,35)(H,33,36)(H2,30,31,32,34). The first-order valence-electron chi connectivity index (χ1n) is 12.3. The molecule has 0 aliphatic carbocycles. The third kappa shape index (κ3) is 6.69. The molecule has 4 rings (SSSR count). The van der Waals surface area contributed by atoms with E-state index in [1.165, 1.54) is 5.56 Å². The van der Waals surface area contributed by atoms with Gasteiger partial charge in [0.1, 0.15) is 17.8 Å². The highest BCUT2D eigenvalue weighted by Gasteiger charge is 2.13. The summed E-state index contributed by atoms with van der Waals surface area (Å²) < 4.78 is 0. The van der Waals surface area contributed by atoms with E-state index in [0.717, 1.165) is 59.5 Å². The predicted molar refractivity (Wildman–Crippen MR) is 143 cm³/mol. The zero-order valence-corrected chi connectivity index (χ0v) is 20.5. The van der Waals surface area contributed by atoms with E-state index in [9.17, 15) is 9.59 Å². The van der Waals surface area contributed by atoms with Crippen LogP contribution in [0.1, 0.15) is 57.1 Å². The predicted octanol–water partition coefficient (Wildman–Crippen LogP) is 5.56. The Labute approximate surface area is 210 Å². The van der Waals surface area contributed by atoms with E-state index in [0.29, 0.717) is 12.8 Å². The molecule has 8 heteroatoms. The van der Waals surface area contributed by atoms with Crippen LogP contribution in [-0.4, -0.2) is 26.8 Å². The Morgan fingerprint density at radius 3 is 2.39 bits per heavy atom. The van der Waals surface area contributed by atoms with Crippen LogP contribution in [0.5, 0.6) is 0 Å². The van der Waals surface area contributed by atoms with Gasteiger partial charge in [-0.1, -0.05) is 55.3 Å². The average molecular weight is 485 g/mol. The van der Waals surface area contributed by atoms with Gasteiger partial charge in [-0.05, 0) is 49.1 Å². The Kier molecular flexibility index (Phi) is 8.28. The van der Waals surface area contributed by atoms with Crippen LogP contribution < -0.4 is 16.4 Å². The third-order valence-electron chi connectivity index (χ3n) is 6.14. The number of carbonyl (C=O) groups is 2. The zero-order chi connectivity index (χ0) is 25.3. The van der Waals surface area contributed by atoms with E-state index >= 15 is 0 Å². The number of aromatic nitrogens is 3. The van der Waals surface area contributed by atoms with Crippen molar-refractivity contribution in [3.63, 3.8) is 0 Å². The van der Waals surface area contributed by atoms with Crippen molar-refractivity contribution in [3.8, 4) is 11.3 Å². The molecule has 8 nitrogen and oxygen atoms in total. The summed E-state index contributed by atoms with van der Waals surface area (Å²) in [4.78, 5) is 35.2. The van der Waals surface area contributed by atoms with Crippen LogP contribution >= 0.6 is 0 Å². The van der Waals surface area contributed by atoms with Crippen molar-refractivity contribution in [3.05, 3.63) is 72.6 Å². The van der Waals surface area contributed by atoms with Gasteiger partial charge >= 0.3 is 0 Å². The molecule has 5 N–H and O–H groups in total. The lowest BCUT2D eigenvalue weighted by atomic mass is 10.1. The highest BCUT2D eigenvalue weighted by Crippen LogP contribution is 2.29. The molecule has 0 saturated heterocycles. The Morgan fingerprint density at radius 1 is 0.944 bits per heavy atom. The second-order valence-electron chi connectivity index (χ2n) is 8.95. The van der Waals surface area contributed by atoms with E-state index in [4.69, 9.17) is 5.73 Å². The van der Waals surface area contributed by atoms with Gasteiger partial charge in [-0.2, -0.15) is 0 Å². The fourth-order valence-electron chi connectivity index (χ4n) is 4.14. The molecule has 0 aliphatic rings. The quantitative estimate of drug-likeness (QED) is 0.196. The number of anilines is 2. The van der Waals surface area contributed by atoms with Crippen LogP contribution in [0, 0.1) is 0 Å². The Balaban J connectivity index is 1.35. The van der Waals surface area contributed by atoms with E-state index in [1.807, 2.05) is 48.5 Å². The van der Waals surface area contributed by atoms with Crippen molar-refractivity contribution in [1.29, 1.82) is 0 Å². The minimum Gasteiger partial charge on any atom is -0.370 e. The lowest BCUT2D eigenvalue weighted by molar-refractivity contribution is -0.118. The number of nitrogens with two attached hydrogens (primary N) is 1. The Morgan fingerprint density at radius 2 is 1.67 bits per heavy atom. The van der Waals surface area contributed by atoms with Crippen molar-refractivity contribution in [2.24, 2.45) is 5.73 Å². The molecule has 0 fully saturated rings. The van der Waals surface area contributed by atoms with Gasteiger partial charge in [-0.3, -0.25) is 9.59 Å². The van der Waals surface area contributed by atoms with Gasteiger partial charge < -0.3 is 21.4 Å². The molecule has 0 spiro atoms. The van der Waals surface area contributed by atoms with Gasteiger partial charge in [0.05, 0.1) is 5.39 Å². The van der Waals surface area contributed by atoms with Gasteiger partial charge in [-0.25, -0.2) is 9.97 Å². The molecule has 36 heavy (non-hydrogen) atoms. The van der Waals surface area contributed by atoms with E-state index < -0.39 is 0 Å². The first-order chi connectivity index (χ1) is 17.5. The van der Waals surface area contributed by atoms with Crippen LogP contribution in [0.3, 0.4) is 0 Å². The smallest absolute Gasteiger partial charge is 0.224 e. The maximum absolute atomic E-state index is 12.2. The van der Waals surface area contributed by atoms with Crippen molar-refractivity contribution in [2.45, 2.75) is 51.5 Å². The summed E-state index contributed by atoms with van der Waals surface area (Å²) in [5.74, 6) is 0.491. The molecule has 2 heterocycles. The molecular weight excluding hydrogens is 452 g/mol. The maximum Gasteiger partial charge on any atom is 0.224 e. The monoisotopic (exact) mass is 484 g/mol. The molecule has 0 radical (unpaired) electrons. The van der Waals surface area contributed by atoms with Crippen LogP contribution in [0.25, 0.3) is 22.3 Å². The number of fused-ring (bicyclic) bond motifs is 1. The number of H-pyrrole nitrogens is 1. The fraction of sp³-hybridized carbons (Fsp3) is 0.286. The van der Waals surface area contributed by atoms with Crippen molar-refractivity contribution >= 4 is 34.4 Å². The topological polar surface area (TPSA) is 126 Å². The molecule has 0 aliphatic heterocycles. The van der Waals surface area contributed by atoms with Gasteiger partial charge in [0.2, 0.25) is 11.8 Å². The van der Waals surface area contributed by atoms with Crippen LogP contribution in [0.4, 0.5) is 11.5 Å². The lowest BCUT2D eigenvalue weighted by Crippen LogP contribution is -2.11. The van der Waals surface area contributed by atoms with Gasteiger partial charge in [-0.15, -0.1) is 0 Å². The van der Waals surface area contributed by atoms with Crippen molar-refractivity contribution in [2.75, 3.05) is 10.6 Å². The van der Waals surface area contributed by atoms with Crippen LogP contribution in [0.2, 0.25) is 0 Å². The number of unbranched alkanes of at least 4 members (excludes halogenated alkanes) is 3. The van der Waals surface area contributed by atoms with E-state index in [1.54, 1.807) is 6.33 Å². The first kappa shape index (κ1) is 24.9. The zero-order valence-electron chi connectivity index (χ0n) is 20.5. The lowest BCUT2D eigenvalue weighted by Gasteiger charge is -2.15. The Hall–Kier alpha value is -4.20. The molecule has 0 bridgehead atoms. The molecular formula is C28H32N6O2. The van der Waals surface area contributed by atoms with Crippen LogP contribution in [0.15, 0.2) is 67.0 Å². The number of carbonyl (C=O) groups excluding carboxylic acids is 2. The largest absolute Gasteiger partial charge is 0.370 e. The summed E-state index contributed by atoms with van der Waals surface area (Å²) in [6.07, 6.45) is 5.80. The number of aromatic amines is 1. The summed E-state index contributed by atoms with van der Waals surface area (Å²) in [5, 5.41) is 7.36. The number of benzene rings is 2. The molecule has 1 atom stereocenters. The summed E-state index contributed by atoms with van der Waals surface area (Å²) in [6, 6.07) is 20.1. The maximum atomic E-state index is 12.2. The van der Waals surface area contributed by atoms with Gasteiger partial charge in [0.25, 0.3) is 0 Å². The first-order valence-corrected chi connectivity index (χ1v) is 12.3. The number of amides is 2. The van der Waals surface area contributed by atoms with Crippen molar-refractivity contribution in [1.82, 2.24) is 15.0 Å². The number of hydrogen-bond donors (Lipinski definition) is 4. The highest BCUT2D eigenvalue weighted by molar-refractivity contribution is 5.93. The fourth-order valence-corrected chi connectivity index (χ4v) is 4.14. The second kappa shape index (κ2) is 12.0. The summed E-state index contributed by atoms with van der Waals surface area (Å²) >= 11 is 0. The molecule has 186 valence electrons. The van der Waals surface area contributed by atoms with Gasteiger partial charge in [0, 0.05) is 30.3 Å². The average Bonchev–Trinajstić information content (AvgIpc) is 3.32. The minimum absolute atomic E-state index is 0.0122. The summed E-state index contributed by atoms with van der Waals surface area (Å²) in [5.41, 5.74) is 9.75. The normalized spacial score (nSPS) is 11.8. The summed E-state index contributed by atoms with van der Waals surface area (Å²) in [6.45, 7) is 2.11. The minimum atomic E-state index is -0.272.